The van der Waals surface area contributed by atoms with E-state index in [1.807, 2.05) is 0 Å². The maximum absolute atomic E-state index is 3.81. The minimum atomic E-state index is 0.469. The van der Waals surface area contributed by atoms with Crippen molar-refractivity contribution < 1.29 is 0 Å². The van der Waals surface area contributed by atoms with E-state index < -0.39 is 0 Å². The Morgan fingerprint density at radius 1 is 1.12 bits per heavy atom. The first kappa shape index (κ1) is 12.6. The summed E-state index contributed by atoms with van der Waals surface area (Å²) in [7, 11) is 0. The predicted octanol–water partition coefficient (Wildman–Crippen LogP) is 4.16. The van der Waals surface area contributed by atoms with Gasteiger partial charge in [-0.15, -0.1) is 0 Å². The molecule has 1 aliphatic carbocycles. The minimum absolute atomic E-state index is 0.469. The third-order valence-corrected chi connectivity index (χ3v) is 4.20. The average Bonchev–Trinajstić information content (AvgIpc) is 2.34. The summed E-state index contributed by atoms with van der Waals surface area (Å²) in [6.45, 7) is 7.05. The summed E-state index contributed by atoms with van der Waals surface area (Å²) in [6.07, 6.45) is 4.09. The molecule has 0 saturated heterocycles. The second-order valence-corrected chi connectivity index (χ2v) is 5.80. The van der Waals surface area contributed by atoms with Gasteiger partial charge in [0.15, 0.2) is 0 Å². The molecule has 1 aliphatic rings. The summed E-state index contributed by atoms with van der Waals surface area (Å²) < 4.78 is 0. The van der Waals surface area contributed by atoms with E-state index in [1.54, 1.807) is 0 Å². The van der Waals surface area contributed by atoms with Crippen molar-refractivity contribution in [1.29, 1.82) is 0 Å². The molecule has 0 aliphatic heterocycles. The van der Waals surface area contributed by atoms with Gasteiger partial charge in [-0.1, -0.05) is 44.2 Å². The van der Waals surface area contributed by atoms with Gasteiger partial charge in [0.25, 0.3) is 0 Å². The molecule has 0 aromatic heterocycles. The lowest BCUT2D eigenvalue weighted by Crippen LogP contribution is -2.40. The van der Waals surface area contributed by atoms with E-state index in [2.05, 4.69) is 56.4 Å². The van der Waals surface area contributed by atoms with Crippen LogP contribution in [0.25, 0.3) is 0 Å². The second kappa shape index (κ2) is 5.68. The summed E-state index contributed by atoms with van der Waals surface area (Å²) in [5, 5.41) is 3.81. The zero-order valence-corrected chi connectivity index (χ0v) is 11.3. The van der Waals surface area contributed by atoms with Gasteiger partial charge in [-0.3, -0.25) is 0 Å². The van der Waals surface area contributed by atoms with E-state index in [-0.39, 0.29) is 0 Å². The Labute approximate surface area is 106 Å². The number of hydrogen-bond acceptors (Lipinski definition) is 1. The van der Waals surface area contributed by atoms with E-state index in [0.717, 1.165) is 11.8 Å². The number of benzene rings is 1. The van der Waals surface area contributed by atoms with Crippen LogP contribution in [0.5, 0.6) is 0 Å². The molecule has 0 amide bonds. The van der Waals surface area contributed by atoms with Crippen LogP contribution < -0.4 is 5.32 Å². The highest BCUT2D eigenvalue weighted by Gasteiger charge is 2.26. The van der Waals surface area contributed by atoms with Crippen molar-refractivity contribution in [1.82, 2.24) is 5.32 Å². The third kappa shape index (κ3) is 3.32. The molecule has 1 heteroatoms. The van der Waals surface area contributed by atoms with Gasteiger partial charge in [-0.05, 0) is 43.6 Å². The Hall–Kier alpha value is -0.820. The Morgan fingerprint density at radius 3 is 2.47 bits per heavy atom. The Kier molecular flexibility index (Phi) is 4.22. The molecule has 1 aromatic carbocycles. The predicted molar refractivity (Wildman–Crippen MR) is 74.0 cm³/mol. The monoisotopic (exact) mass is 231 g/mol. The molecular weight excluding hydrogens is 206 g/mol. The molecule has 2 rings (SSSR count). The van der Waals surface area contributed by atoms with Crippen molar-refractivity contribution >= 4 is 0 Å². The van der Waals surface area contributed by atoms with Crippen molar-refractivity contribution in [3.8, 4) is 0 Å². The first-order valence-electron chi connectivity index (χ1n) is 6.98. The summed E-state index contributed by atoms with van der Waals surface area (Å²) in [4.78, 5) is 0. The van der Waals surface area contributed by atoms with Gasteiger partial charge in [0, 0.05) is 12.1 Å². The molecule has 1 nitrogen and oxygen atoms in total. The van der Waals surface area contributed by atoms with Gasteiger partial charge >= 0.3 is 0 Å². The van der Waals surface area contributed by atoms with Crippen LogP contribution in [0.3, 0.4) is 0 Å². The Morgan fingerprint density at radius 2 is 1.82 bits per heavy atom. The van der Waals surface area contributed by atoms with Gasteiger partial charge in [0.05, 0.1) is 0 Å². The van der Waals surface area contributed by atoms with Crippen LogP contribution in [0.4, 0.5) is 0 Å². The van der Waals surface area contributed by atoms with Crippen molar-refractivity contribution in [3.05, 3.63) is 35.9 Å². The van der Waals surface area contributed by atoms with Crippen LogP contribution in [-0.4, -0.2) is 6.04 Å². The fourth-order valence-corrected chi connectivity index (χ4v) is 3.07. The van der Waals surface area contributed by atoms with Gasteiger partial charge in [-0.2, -0.15) is 0 Å². The van der Waals surface area contributed by atoms with Gasteiger partial charge in [0.2, 0.25) is 0 Å². The van der Waals surface area contributed by atoms with Crippen LogP contribution in [-0.2, 0) is 0 Å². The first-order valence-corrected chi connectivity index (χ1v) is 6.98. The van der Waals surface area contributed by atoms with E-state index in [9.17, 15) is 0 Å². The van der Waals surface area contributed by atoms with Crippen molar-refractivity contribution in [2.24, 2.45) is 11.8 Å². The maximum atomic E-state index is 3.81. The molecule has 0 radical (unpaired) electrons. The zero-order valence-electron chi connectivity index (χ0n) is 11.3. The quantitative estimate of drug-likeness (QED) is 0.823. The highest BCUT2D eigenvalue weighted by atomic mass is 15.0. The standard InChI is InChI=1S/C16H25N/c1-12-9-10-16(13(2)11-12)17-14(3)15-7-5-4-6-8-15/h4-8,12-14,16-17H,9-11H2,1-3H3/t12-,13+,14-,16-/m0/s1. The largest absolute Gasteiger partial charge is 0.307 e. The smallest absolute Gasteiger partial charge is 0.0294 e. The summed E-state index contributed by atoms with van der Waals surface area (Å²) >= 11 is 0. The molecule has 94 valence electrons. The fraction of sp³-hybridized carbons (Fsp3) is 0.625. The molecule has 4 atom stereocenters. The maximum Gasteiger partial charge on any atom is 0.0294 e. The Bertz CT molecular complexity index is 333. The molecule has 0 bridgehead atoms. The number of hydrogen-bond donors (Lipinski definition) is 1. The summed E-state index contributed by atoms with van der Waals surface area (Å²) in [5.74, 6) is 1.72. The highest BCUT2D eigenvalue weighted by molar-refractivity contribution is 5.18. The molecule has 1 saturated carbocycles. The summed E-state index contributed by atoms with van der Waals surface area (Å²) in [5.41, 5.74) is 1.40. The SMILES string of the molecule is C[C@H]1CC[C@H](N[C@@H](C)c2ccccc2)[C@H](C)C1. The lowest BCUT2D eigenvalue weighted by molar-refractivity contribution is 0.216. The number of nitrogens with one attached hydrogen (secondary N) is 1. The van der Waals surface area contributed by atoms with Crippen LogP contribution in [0.15, 0.2) is 30.3 Å². The normalized spacial score (nSPS) is 31.1. The highest BCUT2D eigenvalue weighted by Crippen LogP contribution is 2.30. The van der Waals surface area contributed by atoms with Crippen molar-refractivity contribution in [2.45, 2.75) is 52.1 Å². The molecule has 1 aromatic rings. The van der Waals surface area contributed by atoms with E-state index in [4.69, 9.17) is 0 Å². The van der Waals surface area contributed by atoms with Crippen LogP contribution >= 0.6 is 0 Å². The zero-order chi connectivity index (χ0) is 12.3. The van der Waals surface area contributed by atoms with Crippen molar-refractivity contribution in [2.75, 3.05) is 0 Å². The Balaban J connectivity index is 1.93. The van der Waals surface area contributed by atoms with Gasteiger partial charge < -0.3 is 5.32 Å². The lowest BCUT2D eigenvalue weighted by atomic mass is 9.79. The summed E-state index contributed by atoms with van der Waals surface area (Å²) in [6, 6.07) is 11.9. The third-order valence-electron chi connectivity index (χ3n) is 4.20. The molecule has 0 spiro atoms. The van der Waals surface area contributed by atoms with Crippen LogP contribution in [0.2, 0.25) is 0 Å². The fourth-order valence-electron chi connectivity index (χ4n) is 3.07. The second-order valence-electron chi connectivity index (χ2n) is 5.80. The topological polar surface area (TPSA) is 12.0 Å². The molecule has 1 fully saturated rings. The van der Waals surface area contributed by atoms with E-state index in [0.29, 0.717) is 12.1 Å². The average molecular weight is 231 g/mol. The van der Waals surface area contributed by atoms with Gasteiger partial charge in [0.1, 0.15) is 0 Å². The molecule has 17 heavy (non-hydrogen) atoms. The minimum Gasteiger partial charge on any atom is -0.307 e. The van der Waals surface area contributed by atoms with Crippen LogP contribution in [0.1, 0.15) is 51.6 Å². The van der Waals surface area contributed by atoms with Crippen molar-refractivity contribution in [3.63, 3.8) is 0 Å². The van der Waals surface area contributed by atoms with Gasteiger partial charge in [-0.25, -0.2) is 0 Å². The first-order chi connectivity index (χ1) is 8.16. The molecule has 0 unspecified atom stereocenters. The van der Waals surface area contributed by atoms with Crippen LogP contribution in [0, 0.1) is 11.8 Å². The van der Waals surface area contributed by atoms with E-state index in [1.165, 1.54) is 24.8 Å². The molecule has 1 N–H and O–H groups in total. The number of rotatable bonds is 3. The molecule has 0 heterocycles. The molecular formula is C16H25N. The lowest BCUT2D eigenvalue weighted by Gasteiger charge is -2.35. The van der Waals surface area contributed by atoms with E-state index >= 15 is 0 Å².